The highest BCUT2D eigenvalue weighted by Crippen LogP contribution is 2.09. The molecule has 0 aromatic heterocycles. The summed E-state index contributed by atoms with van der Waals surface area (Å²) in [6.45, 7) is 4.05. The maximum Gasteiger partial charge on any atom is 0.223 e. The monoisotopic (exact) mass is 324 g/mol. The molecule has 0 aliphatic carbocycles. The van der Waals surface area contributed by atoms with E-state index in [1.54, 1.807) is 19.0 Å². The summed E-state index contributed by atoms with van der Waals surface area (Å²) in [5.41, 5.74) is 1.22. The molecule has 0 radical (unpaired) electrons. The Kier molecular flexibility index (Phi) is 8.36. The number of nitrogens with one attached hydrogen (secondary N) is 2. The minimum absolute atomic E-state index is 0.0840. The van der Waals surface area contributed by atoms with Crippen LogP contribution in [0, 0.1) is 0 Å². The van der Waals surface area contributed by atoms with Crippen LogP contribution in [0.3, 0.4) is 0 Å². The van der Waals surface area contributed by atoms with Crippen LogP contribution >= 0.6 is 11.6 Å². The summed E-state index contributed by atoms with van der Waals surface area (Å²) < 4.78 is 0. The van der Waals surface area contributed by atoms with E-state index in [9.17, 15) is 4.79 Å². The predicted octanol–water partition coefficient (Wildman–Crippen LogP) is 1.92. The van der Waals surface area contributed by atoms with Crippen LogP contribution in [0.2, 0.25) is 5.02 Å². The van der Waals surface area contributed by atoms with Crippen LogP contribution in [0.25, 0.3) is 0 Å². The van der Waals surface area contributed by atoms with Crippen LogP contribution in [0.1, 0.15) is 18.9 Å². The molecule has 1 amide bonds. The molecule has 0 fully saturated rings. The van der Waals surface area contributed by atoms with Gasteiger partial charge in [0.25, 0.3) is 0 Å². The quantitative estimate of drug-likeness (QED) is 0.595. The van der Waals surface area contributed by atoms with E-state index < -0.39 is 0 Å². The van der Waals surface area contributed by atoms with E-state index in [-0.39, 0.29) is 5.91 Å². The van der Waals surface area contributed by atoms with Crippen molar-refractivity contribution in [1.82, 2.24) is 15.5 Å². The van der Waals surface area contributed by atoms with Crippen molar-refractivity contribution in [3.05, 3.63) is 34.9 Å². The molecule has 0 bridgehead atoms. The van der Waals surface area contributed by atoms with E-state index in [0.717, 1.165) is 30.5 Å². The molecule has 2 N–H and O–H groups in total. The Labute approximate surface area is 137 Å². The molecule has 122 valence electrons. The Morgan fingerprint density at radius 1 is 1.23 bits per heavy atom. The average molecular weight is 325 g/mol. The van der Waals surface area contributed by atoms with Gasteiger partial charge in [-0.3, -0.25) is 9.79 Å². The molecule has 0 aliphatic heterocycles. The van der Waals surface area contributed by atoms with Crippen molar-refractivity contribution in [2.45, 2.75) is 19.8 Å². The number of aliphatic imine (C=N–C) groups is 1. The van der Waals surface area contributed by atoms with Crippen LogP contribution in [0.5, 0.6) is 0 Å². The normalized spacial score (nSPS) is 11.2. The first-order valence-corrected chi connectivity index (χ1v) is 7.87. The Morgan fingerprint density at radius 2 is 1.91 bits per heavy atom. The van der Waals surface area contributed by atoms with E-state index in [0.29, 0.717) is 13.0 Å². The SMILES string of the molecule is CCNC(=NCCC(=O)N(C)C)NCCc1ccc(Cl)cc1. The lowest BCUT2D eigenvalue weighted by molar-refractivity contribution is -0.128. The van der Waals surface area contributed by atoms with Crippen LogP contribution in [0.15, 0.2) is 29.3 Å². The van der Waals surface area contributed by atoms with Crippen molar-refractivity contribution >= 4 is 23.5 Å². The van der Waals surface area contributed by atoms with E-state index in [2.05, 4.69) is 15.6 Å². The first kappa shape index (κ1) is 18.3. The summed E-state index contributed by atoms with van der Waals surface area (Å²) in [4.78, 5) is 17.5. The molecule has 22 heavy (non-hydrogen) atoms. The molecule has 1 aromatic rings. The molecule has 0 saturated heterocycles. The van der Waals surface area contributed by atoms with Gasteiger partial charge in [-0.25, -0.2) is 0 Å². The van der Waals surface area contributed by atoms with E-state index in [1.807, 2.05) is 31.2 Å². The van der Waals surface area contributed by atoms with Gasteiger partial charge in [0.1, 0.15) is 0 Å². The maximum absolute atomic E-state index is 11.5. The lowest BCUT2D eigenvalue weighted by Crippen LogP contribution is -2.38. The van der Waals surface area contributed by atoms with Crippen molar-refractivity contribution in [3.8, 4) is 0 Å². The predicted molar refractivity (Wildman–Crippen MR) is 92.4 cm³/mol. The molecule has 0 aliphatic rings. The molecule has 0 unspecified atom stereocenters. The molecule has 6 heteroatoms. The number of rotatable bonds is 7. The van der Waals surface area contributed by atoms with Crippen molar-refractivity contribution in [2.24, 2.45) is 4.99 Å². The number of halogens is 1. The van der Waals surface area contributed by atoms with Crippen LogP contribution in [-0.2, 0) is 11.2 Å². The van der Waals surface area contributed by atoms with Gasteiger partial charge in [-0.1, -0.05) is 23.7 Å². The number of carbonyl (C=O) groups is 1. The molecule has 0 spiro atoms. The molecule has 1 rings (SSSR count). The highest BCUT2D eigenvalue weighted by atomic mass is 35.5. The summed E-state index contributed by atoms with van der Waals surface area (Å²) in [6, 6.07) is 7.82. The Hall–Kier alpha value is -1.75. The summed E-state index contributed by atoms with van der Waals surface area (Å²) in [6.07, 6.45) is 1.30. The van der Waals surface area contributed by atoms with Crippen molar-refractivity contribution in [3.63, 3.8) is 0 Å². The van der Waals surface area contributed by atoms with Crippen LogP contribution < -0.4 is 10.6 Å². The third-order valence-electron chi connectivity index (χ3n) is 3.06. The van der Waals surface area contributed by atoms with Crippen LogP contribution in [0.4, 0.5) is 0 Å². The van der Waals surface area contributed by atoms with E-state index in [4.69, 9.17) is 11.6 Å². The standard InChI is InChI=1S/C16H25ClN4O/c1-4-18-16(20-12-10-15(22)21(2)3)19-11-9-13-5-7-14(17)8-6-13/h5-8H,4,9-12H2,1-3H3,(H2,18,19,20). The second kappa shape index (κ2) is 10.1. The zero-order valence-electron chi connectivity index (χ0n) is 13.5. The Balaban J connectivity index is 2.39. The zero-order chi connectivity index (χ0) is 16.4. The second-order valence-corrected chi connectivity index (χ2v) is 5.54. The smallest absolute Gasteiger partial charge is 0.223 e. The number of hydrogen-bond donors (Lipinski definition) is 2. The third kappa shape index (κ3) is 7.31. The molecule has 1 aromatic carbocycles. The fraction of sp³-hybridized carbons (Fsp3) is 0.500. The molecule has 0 heterocycles. The first-order valence-electron chi connectivity index (χ1n) is 7.49. The van der Waals surface area contributed by atoms with Gasteiger partial charge in [0.2, 0.25) is 5.91 Å². The van der Waals surface area contributed by atoms with Gasteiger partial charge >= 0.3 is 0 Å². The fourth-order valence-corrected chi connectivity index (χ4v) is 1.93. The van der Waals surface area contributed by atoms with Gasteiger partial charge in [-0.2, -0.15) is 0 Å². The van der Waals surface area contributed by atoms with Crippen molar-refractivity contribution in [1.29, 1.82) is 0 Å². The summed E-state index contributed by atoms with van der Waals surface area (Å²) >= 11 is 5.87. The second-order valence-electron chi connectivity index (χ2n) is 5.10. The zero-order valence-corrected chi connectivity index (χ0v) is 14.3. The fourth-order valence-electron chi connectivity index (χ4n) is 1.81. The van der Waals surface area contributed by atoms with Crippen molar-refractivity contribution < 1.29 is 4.79 Å². The van der Waals surface area contributed by atoms with E-state index >= 15 is 0 Å². The minimum atomic E-state index is 0.0840. The number of amides is 1. The Morgan fingerprint density at radius 3 is 2.50 bits per heavy atom. The maximum atomic E-state index is 11.5. The Bertz CT molecular complexity index is 485. The van der Waals surface area contributed by atoms with Gasteiger partial charge in [-0.05, 0) is 31.0 Å². The summed E-state index contributed by atoms with van der Waals surface area (Å²) in [5.74, 6) is 0.823. The average Bonchev–Trinajstić information content (AvgIpc) is 2.49. The summed E-state index contributed by atoms with van der Waals surface area (Å²) in [7, 11) is 3.50. The molecular weight excluding hydrogens is 300 g/mol. The lowest BCUT2D eigenvalue weighted by Gasteiger charge is -2.12. The number of benzene rings is 1. The largest absolute Gasteiger partial charge is 0.357 e. The van der Waals surface area contributed by atoms with Gasteiger partial charge in [0.05, 0.1) is 6.54 Å². The van der Waals surface area contributed by atoms with Gasteiger partial charge < -0.3 is 15.5 Å². The summed E-state index contributed by atoms with van der Waals surface area (Å²) in [5, 5.41) is 7.19. The first-order chi connectivity index (χ1) is 10.5. The topological polar surface area (TPSA) is 56.7 Å². The molecule has 0 saturated carbocycles. The molecular formula is C16H25ClN4O. The lowest BCUT2D eigenvalue weighted by atomic mass is 10.1. The number of nitrogens with zero attached hydrogens (tertiary/aromatic N) is 2. The highest BCUT2D eigenvalue weighted by Gasteiger charge is 2.03. The number of guanidine groups is 1. The highest BCUT2D eigenvalue weighted by molar-refractivity contribution is 6.30. The third-order valence-corrected chi connectivity index (χ3v) is 3.31. The van der Waals surface area contributed by atoms with Crippen LogP contribution in [-0.4, -0.2) is 50.5 Å². The molecule has 5 nitrogen and oxygen atoms in total. The van der Waals surface area contributed by atoms with Gasteiger partial charge in [0.15, 0.2) is 5.96 Å². The number of carbonyl (C=O) groups excluding carboxylic acids is 1. The van der Waals surface area contributed by atoms with Gasteiger partial charge in [-0.15, -0.1) is 0 Å². The van der Waals surface area contributed by atoms with E-state index in [1.165, 1.54) is 5.56 Å². The number of hydrogen-bond acceptors (Lipinski definition) is 2. The minimum Gasteiger partial charge on any atom is -0.357 e. The van der Waals surface area contributed by atoms with Crippen molar-refractivity contribution in [2.75, 3.05) is 33.7 Å². The van der Waals surface area contributed by atoms with Gasteiger partial charge in [0, 0.05) is 38.6 Å². The molecule has 0 atom stereocenters.